The molecule has 26 heavy (non-hydrogen) atoms. The lowest BCUT2D eigenvalue weighted by molar-refractivity contribution is 0.0947. The highest BCUT2D eigenvalue weighted by atomic mass is 35.5. The molecule has 0 aliphatic heterocycles. The zero-order valence-electron chi connectivity index (χ0n) is 14.6. The Labute approximate surface area is 161 Å². The van der Waals surface area contributed by atoms with Crippen LogP contribution in [0, 0.1) is 20.8 Å². The van der Waals surface area contributed by atoms with Gasteiger partial charge in [0.2, 0.25) is 0 Å². The molecular weight excluding hydrogens is 373 g/mol. The van der Waals surface area contributed by atoms with Crippen molar-refractivity contribution in [2.24, 2.45) is 0 Å². The molecule has 3 aromatic rings. The maximum absolute atomic E-state index is 12.3. The number of hydrogen-bond acceptors (Lipinski definition) is 4. The topological polar surface area (TPSA) is 68.0 Å². The number of aryl methyl sites for hydroxylation is 3. The second-order valence-corrected chi connectivity index (χ2v) is 6.92. The predicted molar refractivity (Wildman–Crippen MR) is 102 cm³/mol. The molecule has 0 saturated heterocycles. The summed E-state index contributed by atoms with van der Waals surface area (Å²) in [6.07, 6.45) is 1.38. The summed E-state index contributed by atoms with van der Waals surface area (Å²) in [4.78, 5) is 16.1. The minimum absolute atomic E-state index is 0.0936. The lowest BCUT2D eigenvalue weighted by Crippen LogP contribution is -2.23. The van der Waals surface area contributed by atoms with Crippen LogP contribution in [0.4, 0.5) is 0 Å². The second kappa shape index (κ2) is 7.48. The molecule has 0 fully saturated rings. The molecule has 0 saturated carbocycles. The van der Waals surface area contributed by atoms with E-state index in [1.165, 1.54) is 17.8 Å². The van der Waals surface area contributed by atoms with Gasteiger partial charge in [-0.15, -0.1) is 0 Å². The summed E-state index contributed by atoms with van der Waals surface area (Å²) in [5, 5.41) is 7.30. The Balaban J connectivity index is 1.75. The molecule has 5 nitrogen and oxygen atoms in total. The van der Waals surface area contributed by atoms with Crippen molar-refractivity contribution in [1.29, 1.82) is 0 Å². The number of rotatable bonds is 4. The normalized spacial score (nSPS) is 10.8. The first-order chi connectivity index (χ1) is 12.3. The molecule has 3 rings (SSSR count). The van der Waals surface area contributed by atoms with Gasteiger partial charge in [-0.25, -0.2) is 4.98 Å². The maximum Gasteiger partial charge on any atom is 0.254 e. The van der Waals surface area contributed by atoms with Gasteiger partial charge in [0.05, 0.1) is 17.1 Å². The highest BCUT2D eigenvalue weighted by Crippen LogP contribution is 2.28. The minimum Gasteiger partial charge on any atom is -0.359 e. The number of nitrogens with one attached hydrogen (secondary N) is 1. The first-order valence-electron chi connectivity index (χ1n) is 7.98. The highest BCUT2D eigenvalue weighted by molar-refractivity contribution is 6.34. The van der Waals surface area contributed by atoms with Gasteiger partial charge in [-0.3, -0.25) is 4.79 Å². The Bertz CT molecular complexity index is 960. The van der Waals surface area contributed by atoms with Crippen molar-refractivity contribution in [2.45, 2.75) is 27.3 Å². The van der Waals surface area contributed by atoms with Crippen LogP contribution in [0.1, 0.15) is 32.8 Å². The molecular formula is C19H17Cl2N3O2. The molecule has 0 radical (unpaired) electrons. The van der Waals surface area contributed by atoms with E-state index >= 15 is 0 Å². The van der Waals surface area contributed by atoms with Crippen LogP contribution in [0.5, 0.6) is 0 Å². The summed E-state index contributed by atoms with van der Waals surface area (Å²) in [6, 6.07) is 7.50. The number of hydrogen-bond donors (Lipinski definition) is 1. The number of pyridine rings is 1. The fraction of sp³-hybridized carbons (Fsp3) is 0.211. The standard InChI is InChI=1S/C19H17Cl2N3O2/c1-10-4-11(2)17(12(3)5-10)16-7-14(26-24-16)9-23-19(25)15-6-13(20)8-22-18(15)21/h4-8H,9H2,1-3H3,(H,23,25). The monoisotopic (exact) mass is 389 g/mol. The third-order valence-corrected chi connectivity index (χ3v) is 4.47. The van der Waals surface area contributed by atoms with Crippen LogP contribution in [0.15, 0.2) is 35.0 Å². The molecule has 7 heteroatoms. The van der Waals surface area contributed by atoms with E-state index in [2.05, 4.69) is 34.5 Å². The van der Waals surface area contributed by atoms with Gasteiger partial charge in [0.1, 0.15) is 10.8 Å². The van der Waals surface area contributed by atoms with Crippen molar-refractivity contribution in [3.8, 4) is 11.3 Å². The number of aromatic nitrogens is 2. The number of carbonyl (C=O) groups is 1. The van der Waals surface area contributed by atoms with Gasteiger partial charge in [0, 0.05) is 17.8 Å². The van der Waals surface area contributed by atoms with E-state index in [0.29, 0.717) is 10.8 Å². The quantitative estimate of drug-likeness (QED) is 0.644. The average Bonchev–Trinajstić information content (AvgIpc) is 3.02. The number of benzene rings is 1. The summed E-state index contributed by atoms with van der Waals surface area (Å²) >= 11 is 11.8. The van der Waals surface area contributed by atoms with E-state index in [0.717, 1.165) is 22.4 Å². The fourth-order valence-corrected chi connectivity index (χ4v) is 3.29. The molecule has 2 heterocycles. The van der Waals surface area contributed by atoms with Gasteiger partial charge in [0.15, 0.2) is 5.76 Å². The van der Waals surface area contributed by atoms with E-state index in [-0.39, 0.29) is 23.2 Å². The van der Waals surface area contributed by atoms with Crippen molar-refractivity contribution < 1.29 is 9.32 Å². The van der Waals surface area contributed by atoms with Crippen LogP contribution < -0.4 is 5.32 Å². The molecule has 1 aromatic carbocycles. The molecule has 1 amide bonds. The fourth-order valence-electron chi connectivity index (χ4n) is 2.94. The van der Waals surface area contributed by atoms with Crippen LogP contribution in [0.3, 0.4) is 0 Å². The van der Waals surface area contributed by atoms with Crippen molar-refractivity contribution >= 4 is 29.1 Å². The Morgan fingerprint density at radius 3 is 2.50 bits per heavy atom. The lowest BCUT2D eigenvalue weighted by Gasteiger charge is -2.07. The summed E-state index contributed by atoms with van der Waals surface area (Å²) in [7, 11) is 0. The summed E-state index contributed by atoms with van der Waals surface area (Å²) in [6.45, 7) is 6.32. The smallest absolute Gasteiger partial charge is 0.254 e. The van der Waals surface area contributed by atoms with E-state index in [1.807, 2.05) is 19.9 Å². The van der Waals surface area contributed by atoms with Gasteiger partial charge in [-0.05, 0) is 38.0 Å². The number of amides is 1. The van der Waals surface area contributed by atoms with Crippen LogP contribution in [0.25, 0.3) is 11.3 Å². The van der Waals surface area contributed by atoms with Crippen molar-refractivity contribution in [3.63, 3.8) is 0 Å². The molecule has 0 unspecified atom stereocenters. The third-order valence-electron chi connectivity index (χ3n) is 3.97. The molecule has 1 N–H and O–H groups in total. The van der Waals surface area contributed by atoms with Crippen molar-refractivity contribution in [2.75, 3.05) is 0 Å². The molecule has 0 aliphatic carbocycles. The molecule has 2 aromatic heterocycles. The maximum atomic E-state index is 12.3. The Morgan fingerprint density at radius 1 is 1.12 bits per heavy atom. The van der Waals surface area contributed by atoms with Gasteiger partial charge in [0.25, 0.3) is 5.91 Å². The third kappa shape index (κ3) is 3.89. The molecule has 0 bridgehead atoms. The van der Waals surface area contributed by atoms with E-state index in [4.69, 9.17) is 27.7 Å². The predicted octanol–water partition coefficient (Wildman–Crippen LogP) is 4.90. The molecule has 0 atom stereocenters. The number of halogens is 2. The van der Waals surface area contributed by atoms with E-state index in [1.54, 1.807) is 0 Å². The molecule has 0 aliphatic rings. The highest BCUT2D eigenvalue weighted by Gasteiger charge is 2.15. The van der Waals surface area contributed by atoms with Gasteiger partial charge >= 0.3 is 0 Å². The van der Waals surface area contributed by atoms with Crippen LogP contribution in [0.2, 0.25) is 10.2 Å². The average molecular weight is 390 g/mol. The zero-order valence-corrected chi connectivity index (χ0v) is 16.1. The Hall–Kier alpha value is -2.37. The summed E-state index contributed by atoms with van der Waals surface area (Å²) in [5.74, 6) is 0.157. The van der Waals surface area contributed by atoms with E-state index < -0.39 is 0 Å². The van der Waals surface area contributed by atoms with Crippen molar-refractivity contribution in [3.05, 3.63) is 68.7 Å². The number of nitrogens with zero attached hydrogens (tertiary/aromatic N) is 2. The largest absolute Gasteiger partial charge is 0.359 e. The summed E-state index contributed by atoms with van der Waals surface area (Å²) < 4.78 is 5.36. The van der Waals surface area contributed by atoms with Crippen LogP contribution in [-0.2, 0) is 6.54 Å². The van der Waals surface area contributed by atoms with Crippen LogP contribution in [-0.4, -0.2) is 16.0 Å². The number of carbonyl (C=O) groups excluding carboxylic acids is 1. The van der Waals surface area contributed by atoms with Gasteiger partial charge in [-0.1, -0.05) is 46.1 Å². The van der Waals surface area contributed by atoms with Crippen LogP contribution >= 0.6 is 23.2 Å². The van der Waals surface area contributed by atoms with Gasteiger partial charge in [-0.2, -0.15) is 0 Å². The van der Waals surface area contributed by atoms with Gasteiger partial charge < -0.3 is 9.84 Å². The summed E-state index contributed by atoms with van der Waals surface area (Å²) in [5.41, 5.74) is 5.45. The second-order valence-electron chi connectivity index (χ2n) is 6.13. The molecule has 134 valence electrons. The van der Waals surface area contributed by atoms with Crippen molar-refractivity contribution in [1.82, 2.24) is 15.5 Å². The SMILES string of the molecule is Cc1cc(C)c(-c2cc(CNC(=O)c3cc(Cl)cnc3Cl)on2)c(C)c1. The zero-order chi connectivity index (χ0) is 18.8. The first-order valence-corrected chi connectivity index (χ1v) is 8.74. The lowest BCUT2D eigenvalue weighted by atomic mass is 9.97. The first kappa shape index (κ1) is 18.4. The minimum atomic E-state index is -0.384. The molecule has 0 spiro atoms. The Kier molecular flexibility index (Phi) is 5.30. The van der Waals surface area contributed by atoms with E-state index in [9.17, 15) is 4.79 Å². The Morgan fingerprint density at radius 2 is 1.81 bits per heavy atom.